The van der Waals surface area contributed by atoms with Crippen LogP contribution < -0.4 is 21.3 Å². The van der Waals surface area contributed by atoms with Gasteiger partial charge in [-0.1, -0.05) is 64.7 Å². The van der Waals surface area contributed by atoms with Crippen LogP contribution in [0, 0.1) is 11.3 Å². The van der Waals surface area contributed by atoms with Gasteiger partial charge in [0.15, 0.2) is 0 Å². The minimum absolute atomic E-state index is 0.0484. The average Bonchev–Trinajstić information content (AvgIpc) is 3.69. The van der Waals surface area contributed by atoms with Gasteiger partial charge in [-0.25, -0.2) is 0 Å². The number of halogens is 2. The molecule has 0 saturated carbocycles. The van der Waals surface area contributed by atoms with Gasteiger partial charge < -0.3 is 40.7 Å². The fourth-order valence-electron chi connectivity index (χ4n) is 7.64. The van der Waals surface area contributed by atoms with Crippen LogP contribution in [-0.4, -0.2) is 133 Å². The van der Waals surface area contributed by atoms with Gasteiger partial charge in [0.1, 0.15) is 36.3 Å². The number of carbonyl (C=O) groups is 7. The Hall–Kier alpha value is -3.95. The Morgan fingerprint density at radius 1 is 0.967 bits per heavy atom. The third kappa shape index (κ3) is 13.5. The van der Waals surface area contributed by atoms with E-state index in [1.807, 2.05) is 41.5 Å². The molecule has 0 aromatic heterocycles. The number of ether oxygens (including phenoxy) is 1. The van der Waals surface area contributed by atoms with Crippen molar-refractivity contribution in [2.24, 2.45) is 11.3 Å². The molecule has 0 aliphatic carbocycles. The highest BCUT2D eigenvalue weighted by Crippen LogP contribution is 2.29. The van der Waals surface area contributed by atoms with E-state index < -0.39 is 77.1 Å². The van der Waals surface area contributed by atoms with Crippen LogP contribution in [0.2, 0.25) is 10.0 Å². The van der Waals surface area contributed by atoms with E-state index in [1.165, 1.54) is 30.9 Å². The first-order valence-corrected chi connectivity index (χ1v) is 22.0. The number of nitrogens with zero attached hydrogens (tertiary/aromatic N) is 3. The molecule has 1 aromatic rings. The van der Waals surface area contributed by atoms with Crippen LogP contribution in [0.25, 0.3) is 0 Å². The molecule has 2 heterocycles. The highest BCUT2D eigenvalue weighted by atomic mass is 35.5. The van der Waals surface area contributed by atoms with Gasteiger partial charge in [0.05, 0.1) is 6.61 Å². The second-order valence-electron chi connectivity index (χ2n) is 17.1. The smallest absolute Gasteiger partial charge is 0.245 e. The molecule has 1 aromatic carbocycles. The molecule has 3 rings (SSSR count). The molecule has 2 saturated heterocycles. The minimum atomic E-state index is -1.18. The number of nitrogens with one attached hydrogen (secondary N) is 4. The lowest BCUT2D eigenvalue weighted by Crippen LogP contribution is -2.61. The van der Waals surface area contributed by atoms with Crippen LogP contribution in [0.15, 0.2) is 18.2 Å². The zero-order valence-corrected chi connectivity index (χ0v) is 38.3. The van der Waals surface area contributed by atoms with E-state index in [-0.39, 0.29) is 50.8 Å². The molecule has 2 aliphatic rings. The number of rotatable bonds is 14. The Morgan fingerprint density at radius 3 is 2.28 bits per heavy atom. The Morgan fingerprint density at radius 2 is 1.65 bits per heavy atom. The van der Waals surface area contributed by atoms with E-state index in [0.29, 0.717) is 60.7 Å². The Kier molecular flexibility index (Phi) is 19.6. The number of benzene rings is 1. The fraction of sp³-hybridized carbons (Fsp3) is 0.698. The van der Waals surface area contributed by atoms with E-state index >= 15 is 0 Å². The van der Waals surface area contributed by atoms with Crippen molar-refractivity contribution in [3.63, 3.8) is 0 Å². The molecule has 0 unspecified atom stereocenters. The summed E-state index contributed by atoms with van der Waals surface area (Å²) in [5.41, 5.74) is -0.140. The number of hydrogen-bond donors (Lipinski definition) is 4. The average molecular weight is 881 g/mol. The van der Waals surface area contributed by atoms with Crippen molar-refractivity contribution in [2.75, 3.05) is 40.4 Å². The van der Waals surface area contributed by atoms with Gasteiger partial charge in [-0.05, 0) is 88.0 Å². The second kappa shape index (κ2) is 23.3. The first kappa shape index (κ1) is 50.4. The van der Waals surface area contributed by atoms with E-state index in [2.05, 4.69) is 21.3 Å². The van der Waals surface area contributed by atoms with Crippen molar-refractivity contribution < 1.29 is 38.3 Å². The predicted octanol–water partition coefficient (Wildman–Crippen LogP) is 3.86. The summed E-state index contributed by atoms with van der Waals surface area (Å²) < 4.78 is 5.31. The first-order chi connectivity index (χ1) is 28.3. The Labute approximate surface area is 365 Å². The van der Waals surface area contributed by atoms with Crippen molar-refractivity contribution in [3.8, 4) is 0 Å². The summed E-state index contributed by atoms with van der Waals surface area (Å²) in [6, 6.07) is -1.36. The van der Waals surface area contributed by atoms with E-state index in [0.717, 1.165) is 0 Å². The monoisotopic (exact) mass is 879 g/mol. The molecule has 0 spiro atoms. The topological polar surface area (TPSA) is 187 Å². The number of carbonyl (C=O) groups excluding carboxylic acids is 7. The van der Waals surface area contributed by atoms with E-state index in [9.17, 15) is 33.6 Å². The molecular weight excluding hydrogens is 813 g/mol. The molecule has 7 amide bonds. The van der Waals surface area contributed by atoms with Crippen molar-refractivity contribution in [1.29, 1.82) is 0 Å². The highest BCUT2D eigenvalue weighted by Gasteiger charge is 2.42. The van der Waals surface area contributed by atoms with Gasteiger partial charge in [0.2, 0.25) is 41.4 Å². The summed E-state index contributed by atoms with van der Waals surface area (Å²) in [5.74, 6) is -3.38. The van der Waals surface area contributed by atoms with Gasteiger partial charge in [-0.2, -0.15) is 0 Å². The molecule has 2 aliphatic heterocycles. The summed E-state index contributed by atoms with van der Waals surface area (Å²) in [6.45, 7) is 13.5. The number of amides is 7. The standard InChI is InChI=1S/C43H67Cl2N7O8/c1-10-20-51-35(24-28-23-29(44)17-18-30(28)45)39(56)49-32(25-60-9)36(53)46-19-13-12-15-33(37(54)48-31(41(51)58)22-26(3)4)50(8)40(57)27(5)47-38(55)34-16-14-21-52(34)42(59)43(6,7)11-2/h17-18,23,26-27,31-35H,10-16,19-22,24-25H2,1-9H3,(H,46,53)(H,47,55)(H,48,54)(H,49,56)/t27-,31-,32+,33-,34-,35-/m0/s1. The van der Waals surface area contributed by atoms with Gasteiger partial charge in [0.25, 0.3) is 0 Å². The van der Waals surface area contributed by atoms with Crippen molar-refractivity contribution in [2.45, 2.75) is 143 Å². The van der Waals surface area contributed by atoms with E-state index in [1.54, 1.807) is 23.1 Å². The summed E-state index contributed by atoms with van der Waals surface area (Å²) in [5, 5.41) is 12.1. The minimum Gasteiger partial charge on any atom is -0.382 e. The molecule has 2 fully saturated rings. The maximum atomic E-state index is 14.8. The largest absolute Gasteiger partial charge is 0.382 e. The van der Waals surface area contributed by atoms with Crippen LogP contribution in [-0.2, 0) is 44.7 Å². The summed E-state index contributed by atoms with van der Waals surface area (Å²) in [6.07, 6.45) is 3.36. The number of hydrogen-bond acceptors (Lipinski definition) is 8. The van der Waals surface area contributed by atoms with Crippen LogP contribution in [0.1, 0.15) is 105 Å². The lowest BCUT2D eigenvalue weighted by atomic mass is 9.88. The Balaban J connectivity index is 2.00. The summed E-state index contributed by atoms with van der Waals surface area (Å²) in [7, 11) is 2.90. The quantitative estimate of drug-likeness (QED) is 0.217. The zero-order valence-electron chi connectivity index (χ0n) is 36.8. The second-order valence-corrected chi connectivity index (χ2v) is 17.9. The van der Waals surface area contributed by atoms with Gasteiger partial charge in [-0.3, -0.25) is 33.6 Å². The van der Waals surface area contributed by atoms with Gasteiger partial charge in [-0.15, -0.1) is 0 Å². The first-order valence-electron chi connectivity index (χ1n) is 21.3. The van der Waals surface area contributed by atoms with Crippen LogP contribution in [0.5, 0.6) is 0 Å². The SMILES string of the molecule is CCCN1C(=O)[C@H](CC(C)C)NC(=O)[C@@H](N(C)C(=O)[C@H](C)NC(=O)[C@@H]2CCCN2C(=O)C(C)(C)CC)CCCCNC(=O)[C@@H](COC)NC(=O)[C@@H]1Cc1cc(Cl)ccc1Cl. The maximum absolute atomic E-state index is 14.8. The fourth-order valence-corrected chi connectivity index (χ4v) is 8.03. The zero-order chi connectivity index (χ0) is 44.9. The third-order valence-electron chi connectivity index (χ3n) is 11.5. The lowest BCUT2D eigenvalue weighted by Gasteiger charge is -2.36. The van der Waals surface area contributed by atoms with Crippen LogP contribution in [0.4, 0.5) is 0 Å². The Bertz CT molecular complexity index is 1690. The van der Waals surface area contributed by atoms with Gasteiger partial charge in [0, 0.05) is 55.7 Å². The number of likely N-dealkylation sites (N-methyl/N-ethyl adjacent to an activating group) is 1. The lowest BCUT2D eigenvalue weighted by molar-refractivity contribution is -0.147. The molecule has 6 atom stereocenters. The highest BCUT2D eigenvalue weighted by molar-refractivity contribution is 6.33. The molecule has 0 radical (unpaired) electrons. The summed E-state index contributed by atoms with van der Waals surface area (Å²) in [4.78, 5) is 102. The summed E-state index contributed by atoms with van der Waals surface area (Å²) >= 11 is 12.9. The molecule has 15 nitrogen and oxygen atoms in total. The van der Waals surface area contributed by atoms with Crippen LogP contribution >= 0.6 is 23.2 Å². The van der Waals surface area contributed by atoms with E-state index in [4.69, 9.17) is 27.9 Å². The molecular formula is C43H67Cl2N7O8. The molecule has 4 N–H and O–H groups in total. The normalized spacial score (nSPS) is 23.2. The molecule has 17 heteroatoms. The van der Waals surface area contributed by atoms with Crippen molar-refractivity contribution in [3.05, 3.63) is 33.8 Å². The number of methoxy groups -OCH3 is 1. The molecule has 0 bridgehead atoms. The third-order valence-corrected chi connectivity index (χ3v) is 12.1. The molecule has 336 valence electrons. The number of likely N-dealkylation sites (tertiary alicyclic amines) is 1. The van der Waals surface area contributed by atoms with Gasteiger partial charge >= 0.3 is 0 Å². The molecule has 60 heavy (non-hydrogen) atoms. The van der Waals surface area contributed by atoms with Crippen molar-refractivity contribution in [1.82, 2.24) is 36.0 Å². The van der Waals surface area contributed by atoms with Crippen LogP contribution in [0.3, 0.4) is 0 Å². The van der Waals surface area contributed by atoms with Crippen molar-refractivity contribution >= 4 is 64.6 Å². The maximum Gasteiger partial charge on any atom is 0.245 e. The predicted molar refractivity (Wildman–Crippen MR) is 231 cm³/mol.